The first kappa shape index (κ1) is 16.9. The number of rotatable bonds is 8. The number of carbonyl (C=O) groups is 1. The maximum Gasteiger partial charge on any atom is 0.230 e. The molecule has 112 valence electrons. The fraction of sp³-hybridized carbons (Fsp3) is 0.562. The van der Waals surface area contributed by atoms with Gasteiger partial charge in [0.2, 0.25) is 5.91 Å². The molecule has 0 radical (unpaired) electrons. The number of hydrogen-bond acceptors (Lipinski definition) is 3. The summed E-state index contributed by atoms with van der Waals surface area (Å²) in [7, 11) is 0. The normalized spacial score (nSPS) is 12.2. The van der Waals surface area contributed by atoms with Gasteiger partial charge in [0.15, 0.2) is 0 Å². The zero-order valence-electron chi connectivity index (χ0n) is 12.7. The van der Waals surface area contributed by atoms with E-state index in [1.807, 2.05) is 25.1 Å². The molecule has 3 N–H and O–H groups in total. The third kappa shape index (κ3) is 6.33. The van der Waals surface area contributed by atoms with Gasteiger partial charge in [0.05, 0.1) is 5.75 Å². The zero-order valence-corrected chi connectivity index (χ0v) is 13.6. The highest BCUT2D eigenvalue weighted by atomic mass is 32.2. The summed E-state index contributed by atoms with van der Waals surface area (Å²) in [5.41, 5.74) is 7.67. The Morgan fingerprint density at radius 3 is 2.85 bits per heavy atom. The highest BCUT2D eigenvalue weighted by Crippen LogP contribution is 2.24. The van der Waals surface area contributed by atoms with Crippen LogP contribution < -0.4 is 11.1 Å². The van der Waals surface area contributed by atoms with Crippen LogP contribution in [-0.4, -0.2) is 17.7 Å². The maximum absolute atomic E-state index is 11.9. The van der Waals surface area contributed by atoms with Crippen LogP contribution in [0.25, 0.3) is 0 Å². The number of hydrogen-bond donors (Lipinski definition) is 2. The Morgan fingerprint density at radius 1 is 1.40 bits per heavy atom. The largest absolute Gasteiger partial charge is 0.399 e. The molecule has 1 aromatic carbocycles. The number of nitrogens with one attached hydrogen (secondary N) is 1. The van der Waals surface area contributed by atoms with Gasteiger partial charge in [0, 0.05) is 16.6 Å². The molecule has 0 saturated carbocycles. The lowest BCUT2D eigenvalue weighted by molar-refractivity contribution is -0.119. The standard InChI is InChI=1S/C16H26N2OS/c1-4-5-6-7-13(3)18-16(19)11-20-15-10-14(17)9-8-12(15)2/h8-10,13H,4-7,11,17H2,1-3H3,(H,18,19). The van der Waals surface area contributed by atoms with E-state index in [-0.39, 0.29) is 11.9 Å². The van der Waals surface area contributed by atoms with Crippen molar-refractivity contribution in [2.24, 2.45) is 0 Å². The second-order valence-electron chi connectivity index (χ2n) is 5.28. The molecule has 0 aromatic heterocycles. The Balaban J connectivity index is 2.34. The zero-order chi connectivity index (χ0) is 15.0. The summed E-state index contributed by atoms with van der Waals surface area (Å²) in [5.74, 6) is 0.545. The minimum absolute atomic E-state index is 0.0980. The van der Waals surface area contributed by atoms with Crippen molar-refractivity contribution in [1.29, 1.82) is 0 Å². The van der Waals surface area contributed by atoms with Crippen molar-refractivity contribution in [2.75, 3.05) is 11.5 Å². The smallest absolute Gasteiger partial charge is 0.230 e. The summed E-state index contributed by atoms with van der Waals surface area (Å²) in [4.78, 5) is 13.0. The number of nitrogen functional groups attached to an aromatic ring is 1. The second kappa shape index (κ2) is 8.90. The molecular formula is C16H26N2OS. The topological polar surface area (TPSA) is 55.1 Å². The fourth-order valence-corrected chi connectivity index (χ4v) is 2.89. The lowest BCUT2D eigenvalue weighted by atomic mass is 10.1. The van der Waals surface area contributed by atoms with E-state index in [2.05, 4.69) is 19.2 Å². The number of anilines is 1. The molecule has 0 bridgehead atoms. The summed E-state index contributed by atoms with van der Waals surface area (Å²) in [6.45, 7) is 6.30. The van der Waals surface area contributed by atoms with Crippen molar-refractivity contribution in [2.45, 2.75) is 57.4 Å². The van der Waals surface area contributed by atoms with Gasteiger partial charge in [-0.3, -0.25) is 4.79 Å². The molecule has 1 unspecified atom stereocenters. The van der Waals surface area contributed by atoms with Crippen molar-refractivity contribution in [3.8, 4) is 0 Å². The Hall–Kier alpha value is -1.16. The van der Waals surface area contributed by atoms with Crippen LogP contribution in [0.4, 0.5) is 5.69 Å². The van der Waals surface area contributed by atoms with Crippen LogP contribution in [0.3, 0.4) is 0 Å². The Bertz CT molecular complexity index is 434. The lowest BCUT2D eigenvalue weighted by Gasteiger charge is -2.14. The van der Waals surface area contributed by atoms with Crippen LogP contribution in [0.5, 0.6) is 0 Å². The quantitative estimate of drug-likeness (QED) is 0.436. The molecule has 0 saturated heterocycles. The fourth-order valence-electron chi connectivity index (χ4n) is 2.00. The summed E-state index contributed by atoms with van der Waals surface area (Å²) in [6.07, 6.45) is 4.68. The van der Waals surface area contributed by atoms with Gasteiger partial charge >= 0.3 is 0 Å². The molecule has 1 atom stereocenters. The summed E-state index contributed by atoms with van der Waals surface area (Å²) >= 11 is 1.55. The van der Waals surface area contributed by atoms with Crippen molar-refractivity contribution >= 4 is 23.4 Å². The predicted octanol–water partition coefficient (Wildman–Crippen LogP) is 3.75. The van der Waals surface area contributed by atoms with E-state index in [1.54, 1.807) is 11.8 Å². The molecular weight excluding hydrogens is 268 g/mol. The van der Waals surface area contributed by atoms with Crippen LogP contribution in [-0.2, 0) is 4.79 Å². The average Bonchev–Trinajstić information content (AvgIpc) is 2.40. The third-order valence-corrected chi connectivity index (χ3v) is 4.38. The van der Waals surface area contributed by atoms with E-state index in [0.717, 1.165) is 22.6 Å². The molecule has 0 heterocycles. The number of aryl methyl sites for hydroxylation is 1. The molecule has 1 aromatic rings. The highest BCUT2D eigenvalue weighted by molar-refractivity contribution is 8.00. The number of unbranched alkanes of at least 4 members (excludes halogenated alkanes) is 2. The minimum Gasteiger partial charge on any atom is -0.399 e. The van der Waals surface area contributed by atoms with E-state index in [4.69, 9.17) is 5.73 Å². The monoisotopic (exact) mass is 294 g/mol. The van der Waals surface area contributed by atoms with E-state index in [9.17, 15) is 4.79 Å². The number of carbonyl (C=O) groups excluding carboxylic acids is 1. The van der Waals surface area contributed by atoms with E-state index >= 15 is 0 Å². The Kier molecular flexibility index (Phi) is 7.52. The van der Waals surface area contributed by atoms with Crippen LogP contribution in [0.1, 0.15) is 45.1 Å². The number of benzene rings is 1. The molecule has 0 spiro atoms. The SMILES string of the molecule is CCCCCC(C)NC(=O)CSc1cc(N)ccc1C. The number of thioether (sulfide) groups is 1. The van der Waals surface area contributed by atoms with Gasteiger partial charge in [-0.15, -0.1) is 11.8 Å². The van der Waals surface area contributed by atoms with E-state index in [1.165, 1.54) is 19.3 Å². The van der Waals surface area contributed by atoms with Crippen LogP contribution in [0, 0.1) is 6.92 Å². The lowest BCUT2D eigenvalue weighted by Crippen LogP contribution is -2.33. The summed E-state index contributed by atoms with van der Waals surface area (Å²) in [6, 6.07) is 6.06. The molecule has 0 aliphatic rings. The molecule has 1 amide bonds. The van der Waals surface area contributed by atoms with Gasteiger partial charge in [-0.05, 0) is 38.0 Å². The highest BCUT2D eigenvalue weighted by Gasteiger charge is 2.08. The number of nitrogens with two attached hydrogens (primary N) is 1. The molecule has 0 fully saturated rings. The predicted molar refractivity (Wildman–Crippen MR) is 88.1 cm³/mol. The van der Waals surface area contributed by atoms with Crippen LogP contribution in [0.2, 0.25) is 0 Å². The Morgan fingerprint density at radius 2 is 2.15 bits per heavy atom. The maximum atomic E-state index is 11.9. The summed E-state index contributed by atoms with van der Waals surface area (Å²) in [5, 5.41) is 3.05. The first-order valence-electron chi connectivity index (χ1n) is 7.31. The summed E-state index contributed by atoms with van der Waals surface area (Å²) < 4.78 is 0. The van der Waals surface area contributed by atoms with Crippen LogP contribution in [0.15, 0.2) is 23.1 Å². The molecule has 1 rings (SSSR count). The minimum atomic E-state index is 0.0980. The number of amides is 1. The van der Waals surface area contributed by atoms with Crippen molar-refractivity contribution in [3.05, 3.63) is 23.8 Å². The molecule has 3 nitrogen and oxygen atoms in total. The molecule has 4 heteroatoms. The molecule has 20 heavy (non-hydrogen) atoms. The van der Waals surface area contributed by atoms with Crippen molar-refractivity contribution < 1.29 is 4.79 Å². The Labute approximate surface area is 126 Å². The van der Waals surface area contributed by atoms with Crippen molar-refractivity contribution in [3.63, 3.8) is 0 Å². The average molecular weight is 294 g/mol. The molecule has 0 aliphatic carbocycles. The van der Waals surface area contributed by atoms with Crippen molar-refractivity contribution in [1.82, 2.24) is 5.32 Å². The van der Waals surface area contributed by atoms with Crippen LogP contribution >= 0.6 is 11.8 Å². The first-order chi connectivity index (χ1) is 9.52. The van der Waals surface area contributed by atoms with Gasteiger partial charge in [-0.1, -0.05) is 32.3 Å². The van der Waals surface area contributed by atoms with Gasteiger partial charge in [0.1, 0.15) is 0 Å². The van der Waals surface area contributed by atoms with Gasteiger partial charge in [0.25, 0.3) is 0 Å². The second-order valence-corrected chi connectivity index (χ2v) is 6.30. The third-order valence-electron chi connectivity index (χ3n) is 3.22. The van der Waals surface area contributed by atoms with Gasteiger partial charge in [-0.2, -0.15) is 0 Å². The van der Waals surface area contributed by atoms with E-state index < -0.39 is 0 Å². The molecule has 0 aliphatic heterocycles. The first-order valence-corrected chi connectivity index (χ1v) is 8.29. The van der Waals surface area contributed by atoms with Gasteiger partial charge in [-0.25, -0.2) is 0 Å². The van der Waals surface area contributed by atoms with Gasteiger partial charge < -0.3 is 11.1 Å². The van der Waals surface area contributed by atoms with E-state index in [0.29, 0.717) is 5.75 Å².